The molecule has 1 aliphatic rings. The summed E-state index contributed by atoms with van der Waals surface area (Å²) < 4.78 is 5.55. The molecule has 0 bridgehead atoms. The maximum atomic E-state index is 14.4. The molecule has 5 amide bonds. The fraction of sp³-hybridized carbons (Fsp3) is 0.649. The molecular formula is C37H59N5O6. The summed E-state index contributed by atoms with van der Waals surface area (Å²) in [5.74, 6) is -2.55. The molecule has 0 saturated heterocycles. The number of carbonyl (C=O) groups is 5. The van der Waals surface area contributed by atoms with Crippen molar-refractivity contribution in [3.63, 3.8) is 0 Å². The van der Waals surface area contributed by atoms with Crippen molar-refractivity contribution in [2.75, 3.05) is 35.3 Å². The maximum Gasteiger partial charge on any atom is 0.257 e. The SMILES string of the molecule is CCC(C)C(C(=O)N1C(=O)C=C(OC)C1Cc1ccccc1)N(C)C(=O)C(C(C)C)N(C)C(=O)C(NC(=O)C(C(C)C)N(C)C)C(C)C. The van der Waals surface area contributed by atoms with E-state index in [9.17, 15) is 24.0 Å². The Balaban J connectivity index is 2.45. The average molecular weight is 670 g/mol. The van der Waals surface area contributed by atoms with Crippen LogP contribution in [0, 0.1) is 23.7 Å². The smallest absolute Gasteiger partial charge is 0.257 e. The van der Waals surface area contributed by atoms with Crippen LogP contribution in [0.3, 0.4) is 0 Å². The van der Waals surface area contributed by atoms with Crippen molar-refractivity contribution in [1.29, 1.82) is 0 Å². The van der Waals surface area contributed by atoms with Gasteiger partial charge in [-0.3, -0.25) is 33.8 Å². The number of amides is 5. The number of hydrogen-bond acceptors (Lipinski definition) is 7. The number of carbonyl (C=O) groups excluding carboxylic acids is 5. The van der Waals surface area contributed by atoms with Gasteiger partial charge in [0, 0.05) is 26.6 Å². The molecule has 11 nitrogen and oxygen atoms in total. The van der Waals surface area contributed by atoms with Gasteiger partial charge >= 0.3 is 0 Å². The van der Waals surface area contributed by atoms with Gasteiger partial charge in [0.05, 0.1) is 13.2 Å². The summed E-state index contributed by atoms with van der Waals surface area (Å²) >= 11 is 0. The Morgan fingerprint density at radius 1 is 0.812 bits per heavy atom. The minimum atomic E-state index is -0.980. The third-order valence-electron chi connectivity index (χ3n) is 9.43. The lowest BCUT2D eigenvalue weighted by Crippen LogP contribution is -2.62. The van der Waals surface area contributed by atoms with E-state index in [0.29, 0.717) is 18.6 Å². The number of ether oxygens (including phenoxy) is 1. The van der Waals surface area contributed by atoms with Gasteiger partial charge in [-0.25, -0.2) is 0 Å². The van der Waals surface area contributed by atoms with E-state index >= 15 is 0 Å². The number of imide groups is 1. The molecule has 0 saturated carbocycles. The zero-order valence-electron chi connectivity index (χ0n) is 31.3. The number of likely N-dealkylation sites (N-methyl/N-ethyl adjacent to an activating group) is 3. The lowest BCUT2D eigenvalue weighted by atomic mass is 9.92. The number of methoxy groups -OCH3 is 1. The normalized spacial score (nSPS) is 18.0. The molecule has 1 N–H and O–H groups in total. The predicted octanol–water partition coefficient (Wildman–Crippen LogP) is 3.58. The highest BCUT2D eigenvalue weighted by atomic mass is 16.5. The van der Waals surface area contributed by atoms with Crippen LogP contribution in [-0.2, 0) is 35.1 Å². The van der Waals surface area contributed by atoms with Gasteiger partial charge in [-0.1, -0.05) is 92.1 Å². The Hall–Kier alpha value is -3.73. The van der Waals surface area contributed by atoms with Crippen LogP contribution in [0.25, 0.3) is 0 Å². The molecule has 1 heterocycles. The van der Waals surface area contributed by atoms with E-state index in [-0.39, 0.29) is 29.6 Å². The van der Waals surface area contributed by atoms with E-state index in [0.717, 1.165) is 5.56 Å². The summed E-state index contributed by atoms with van der Waals surface area (Å²) in [4.78, 5) is 75.5. The van der Waals surface area contributed by atoms with Gasteiger partial charge in [0.1, 0.15) is 29.9 Å². The first kappa shape index (κ1) is 40.4. The summed E-state index contributed by atoms with van der Waals surface area (Å²) in [5.41, 5.74) is 0.930. The van der Waals surface area contributed by atoms with Gasteiger partial charge in [0.15, 0.2) is 0 Å². The molecule has 2 rings (SSSR count). The molecule has 0 spiro atoms. The lowest BCUT2D eigenvalue weighted by molar-refractivity contribution is -0.157. The van der Waals surface area contributed by atoms with E-state index in [2.05, 4.69) is 5.32 Å². The molecule has 0 radical (unpaired) electrons. The van der Waals surface area contributed by atoms with Crippen LogP contribution in [-0.4, -0.2) is 115 Å². The van der Waals surface area contributed by atoms with Gasteiger partial charge in [-0.05, 0) is 43.3 Å². The highest BCUT2D eigenvalue weighted by Gasteiger charge is 2.46. The second kappa shape index (κ2) is 17.6. The molecule has 48 heavy (non-hydrogen) atoms. The summed E-state index contributed by atoms with van der Waals surface area (Å²) in [6.45, 7) is 15.1. The number of rotatable bonds is 16. The zero-order chi connectivity index (χ0) is 36.6. The van der Waals surface area contributed by atoms with Crippen LogP contribution in [0.15, 0.2) is 42.2 Å². The first-order valence-corrected chi connectivity index (χ1v) is 17.1. The molecule has 1 aromatic carbocycles. The topological polar surface area (TPSA) is 120 Å². The molecule has 6 atom stereocenters. The van der Waals surface area contributed by atoms with E-state index in [1.165, 1.54) is 27.9 Å². The lowest BCUT2D eigenvalue weighted by Gasteiger charge is -2.41. The van der Waals surface area contributed by atoms with Gasteiger partial charge in [0.25, 0.3) is 11.8 Å². The van der Waals surface area contributed by atoms with Gasteiger partial charge < -0.3 is 19.9 Å². The van der Waals surface area contributed by atoms with Crippen molar-refractivity contribution in [3.8, 4) is 0 Å². The van der Waals surface area contributed by atoms with Crippen LogP contribution in [0.1, 0.15) is 67.4 Å². The number of nitrogens with one attached hydrogen (secondary N) is 1. The van der Waals surface area contributed by atoms with Crippen LogP contribution in [0.5, 0.6) is 0 Å². The monoisotopic (exact) mass is 669 g/mol. The fourth-order valence-electron chi connectivity index (χ4n) is 6.70. The largest absolute Gasteiger partial charge is 0.499 e. The molecule has 268 valence electrons. The summed E-state index contributed by atoms with van der Waals surface area (Å²) in [7, 11) is 8.26. The molecule has 0 aliphatic carbocycles. The Morgan fingerprint density at radius 2 is 1.35 bits per heavy atom. The molecular weight excluding hydrogens is 610 g/mol. The number of hydrogen-bond donors (Lipinski definition) is 1. The molecule has 1 aliphatic heterocycles. The standard InChI is InChI=1S/C37H59N5O6/c1-14-25(8)33(37(47)42-27(28(48-13)21-29(42)43)20-26-18-16-15-17-19-26)41(12)36(46)32(24(6)7)40(11)35(45)30(22(2)3)38-34(44)31(23(4)5)39(9)10/h15-19,21-25,27,30-33H,14,20H2,1-13H3,(H,38,44). The average Bonchev–Trinajstić information content (AvgIpc) is 3.33. The predicted molar refractivity (Wildman–Crippen MR) is 187 cm³/mol. The van der Waals surface area contributed by atoms with Gasteiger partial charge in [0.2, 0.25) is 17.7 Å². The van der Waals surface area contributed by atoms with Crippen LogP contribution in [0.4, 0.5) is 0 Å². The minimum Gasteiger partial charge on any atom is -0.499 e. The molecule has 0 aromatic heterocycles. The Labute approximate surface area is 288 Å². The van der Waals surface area contributed by atoms with Gasteiger partial charge in [-0.15, -0.1) is 0 Å². The van der Waals surface area contributed by atoms with E-state index in [4.69, 9.17) is 4.74 Å². The molecule has 0 fully saturated rings. The summed E-state index contributed by atoms with van der Waals surface area (Å²) in [5, 5.41) is 2.95. The maximum absolute atomic E-state index is 14.4. The van der Waals surface area contributed by atoms with Crippen molar-refractivity contribution in [2.45, 2.75) is 98.4 Å². The number of nitrogens with zero attached hydrogens (tertiary/aromatic N) is 4. The highest BCUT2D eigenvalue weighted by molar-refractivity contribution is 6.07. The Bertz CT molecular complexity index is 1300. The summed E-state index contributed by atoms with van der Waals surface area (Å²) in [6, 6.07) is 5.67. The van der Waals surface area contributed by atoms with E-state index < -0.39 is 53.8 Å². The van der Waals surface area contributed by atoms with Crippen LogP contribution < -0.4 is 5.32 Å². The molecule has 6 unspecified atom stereocenters. The van der Waals surface area contributed by atoms with Crippen LogP contribution in [0.2, 0.25) is 0 Å². The third-order valence-corrected chi connectivity index (χ3v) is 9.43. The van der Waals surface area contributed by atoms with Crippen molar-refractivity contribution < 1.29 is 28.7 Å². The first-order valence-electron chi connectivity index (χ1n) is 17.1. The molecule has 11 heteroatoms. The Kier molecular flexibility index (Phi) is 14.8. The second-order valence-electron chi connectivity index (χ2n) is 14.3. The highest BCUT2D eigenvalue weighted by Crippen LogP contribution is 2.29. The van der Waals surface area contributed by atoms with E-state index in [1.807, 2.05) is 105 Å². The molecule has 1 aromatic rings. The summed E-state index contributed by atoms with van der Waals surface area (Å²) in [6.07, 6.45) is 2.27. The zero-order valence-corrected chi connectivity index (χ0v) is 31.3. The van der Waals surface area contributed by atoms with Crippen molar-refractivity contribution >= 4 is 29.5 Å². The first-order chi connectivity index (χ1) is 22.4. The third kappa shape index (κ3) is 9.24. The minimum absolute atomic E-state index is 0.0132. The van der Waals surface area contributed by atoms with Crippen LogP contribution >= 0.6 is 0 Å². The Morgan fingerprint density at radius 3 is 1.81 bits per heavy atom. The van der Waals surface area contributed by atoms with Gasteiger partial charge in [-0.2, -0.15) is 0 Å². The number of benzene rings is 1. The fourth-order valence-corrected chi connectivity index (χ4v) is 6.70. The van der Waals surface area contributed by atoms with Crippen molar-refractivity contribution in [3.05, 3.63) is 47.7 Å². The second-order valence-corrected chi connectivity index (χ2v) is 14.3. The quantitative estimate of drug-likeness (QED) is 0.286. The van der Waals surface area contributed by atoms with Crippen molar-refractivity contribution in [2.24, 2.45) is 23.7 Å². The van der Waals surface area contributed by atoms with Crippen molar-refractivity contribution in [1.82, 2.24) is 24.9 Å². The van der Waals surface area contributed by atoms with E-state index in [1.54, 1.807) is 14.1 Å².